The summed E-state index contributed by atoms with van der Waals surface area (Å²) in [6, 6.07) is 19.4. The summed E-state index contributed by atoms with van der Waals surface area (Å²) < 4.78 is 15.9. The summed E-state index contributed by atoms with van der Waals surface area (Å²) in [5.74, 6) is 1.20. The van der Waals surface area contributed by atoms with Gasteiger partial charge in [0, 0.05) is 17.2 Å². The van der Waals surface area contributed by atoms with Crippen LogP contribution in [-0.4, -0.2) is 65.3 Å². The molecule has 238 valence electrons. The molecular weight excluding hydrogens is 576 g/mol. The van der Waals surface area contributed by atoms with E-state index in [-0.39, 0.29) is 24.8 Å². The molecule has 0 aromatic heterocycles. The first-order chi connectivity index (χ1) is 21.8. The van der Waals surface area contributed by atoms with Crippen molar-refractivity contribution in [3.05, 3.63) is 88.5 Å². The van der Waals surface area contributed by atoms with Gasteiger partial charge in [-0.1, -0.05) is 55.5 Å². The van der Waals surface area contributed by atoms with Gasteiger partial charge in [0.15, 0.2) is 0 Å². The summed E-state index contributed by atoms with van der Waals surface area (Å²) in [6.45, 7) is 5.19. The molecule has 13 heteroatoms. The van der Waals surface area contributed by atoms with Crippen LogP contribution in [0.3, 0.4) is 0 Å². The Morgan fingerprint density at radius 3 is 2.11 bits per heavy atom. The van der Waals surface area contributed by atoms with Crippen molar-refractivity contribution < 1.29 is 38.3 Å². The van der Waals surface area contributed by atoms with Crippen LogP contribution in [0.1, 0.15) is 70.0 Å². The Hall–Kier alpha value is -4.45. The molecule has 11 nitrogen and oxygen atoms in total. The number of carbonyl (C=O) groups excluding carboxylic acids is 3. The number of benzene rings is 3. The molecule has 0 bridgehead atoms. The molecule has 0 fully saturated rings. The van der Waals surface area contributed by atoms with Crippen LogP contribution in [0.25, 0.3) is 0 Å². The molecule has 3 aromatic carbocycles. The Balaban J connectivity index is 0.000000438. The van der Waals surface area contributed by atoms with E-state index in [0.717, 1.165) is 46.9 Å². The first kappa shape index (κ1) is 38.6. The lowest BCUT2D eigenvalue weighted by atomic mass is 9.86. The topological polar surface area (TPSA) is 180 Å². The Bertz CT molecular complexity index is 1350. The van der Waals surface area contributed by atoms with Crippen molar-refractivity contribution in [2.45, 2.75) is 51.9 Å². The zero-order valence-electron chi connectivity index (χ0n) is 26.1. The standard InChI is InChI=1S/C21H25BNO3.C8H6BO2.CH3NO.CH5N.CH2O2/c1-4-15(18-7-5-6-8-20(18)25-3)11-14(2)23-21(24)16-9-10-17-13-26-22-19(17)12-16;10-4-6-1-2-7-5-11-9-8(7)3-6;2-1-3;1-2;2-1-3/h5-10,12,14-15H,4,11,13H2,1-3H3,(H,23,24);1-4H,5H2;1H,(H2,2,3);2H2,1H3;1H,(H,2,3). The van der Waals surface area contributed by atoms with Gasteiger partial charge in [-0.15, -0.1) is 0 Å². The van der Waals surface area contributed by atoms with E-state index >= 15 is 0 Å². The largest absolute Gasteiger partial charge is 0.496 e. The van der Waals surface area contributed by atoms with Crippen LogP contribution in [0.2, 0.25) is 0 Å². The van der Waals surface area contributed by atoms with E-state index in [1.165, 1.54) is 12.6 Å². The highest BCUT2D eigenvalue weighted by atomic mass is 16.5. The smallest absolute Gasteiger partial charge is 0.330 e. The summed E-state index contributed by atoms with van der Waals surface area (Å²) in [7, 11) is 6.60. The van der Waals surface area contributed by atoms with Gasteiger partial charge in [0.05, 0.1) is 20.3 Å². The number of amides is 2. The van der Waals surface area contributed by atoms with E-state index < -0.39 is 0 Å². The van der Waals surface area contributed by atoms with E-state index in [2.05, 4.69) is 36.7 Å². The highest BCUT2D eigenvalue weighted by molar-refractivity contribution is 6.49. The molecule has 45 heavy (non-hydrogen) atoms. The third-order valence-electron chi connectivity index (χ3n) is 6.70. The minimum Gasteiger partial charge on any atom is -0.496 e. The van der Waals surface area contributed by atoms with Gasteiger partial charge in [-0.3, -0.25) is 19.2 Å². The van der Waals surface area contributed by atoms with Gasteiger partial charge in [-0.05, 0) is 72.5 Å². The molecule has 5 rings (SSSR count). The molecule has 2 aliphatic heterocycles. The highest BCUT2D eigenvalue weighted by Gasteiger charge is 2.20. The van der Waals surface area contributed by atoms with Gasteiger partial charge in [0.25, 0.3) is 12.4 Å². The quantitative estimate of drug-likeness (QED) is 0.217. The number of fused-ring (bicyclic) bond motifs is 2. The lowest BCUT2D eigenvalue weighted by Crippen LogP contribution is -2.34. The van der Waals surface area contributed by atoms with E-state index in [9.17, 15) is 9.59 Å². The number of nitrogens with two attached hydrogens (primary N) is 2. The summed E-state index contributed by atoms with van der Waals surface area (Å²) in [4.78, 5) is 39.9. The van der Waals surface area contributed by atoms with Crippen LogP contribution in [-0.2, 0) is 32.1 Å². The van der Waals surface area contributed by atoms with Crippen LogP contribution in [0.4, 0.5) is 0 Å². The molecule has 3 aromatic rings. The Kier molecular flexibility index (Phi) is 19.0. The number of hydrogen-bond acceptors (Lipinski definition) is 8. The third kappa shape index (κ3) is 12.6. The number of aldehydes is 1. The average Bonchev–Trinajstić information content (AvgIpc) is 3.74. The van der Waals surface area contributed by atoms with Gasteiger partial charge in [0.2, 0.25) is 6.41 Å². The second kappa shape index (κ2) is 22.1. The lowest BCUT2D eigenvalue weighted by molar-refractivity contribution is -0.122. The van der Waals surface area contributed by atoms with Crippen molar-refractivity contribution in [1.82, 2.24) is 5.32 Å². The number of carbonyl (C=O) groups is 4. The maximum Gasteiger partial charge on any atom is 0.330 e. The molecular formula is C32H41B2N3O8. The van der Waals surface area contributed by atoms with Gasteiger partial charge < -0.3 is 35.9 Å². The molecule has 0 aliphatic carbocycles. The summed E-state index contributed by atoms with van der Waals surface area (Å²) in [5.41, 5.74) is 15.5. The third-order valence-corrected chi connectivity index (χ3v) is 6.70. The molecule has 6 N–H and O–H groups in total. The average molecular weight is 617 g/mol. The lowest BCUT2D eigenvalue weighted by Gasteiger charge is -2.23. The van der Waals surface area contributed by atoms with Crippen molar-refractivity contribution in [3.63, 3.8) is 0 Å². The van der Waals surface area contributed by atoms with Gasteiger partial charge in [-0.2, -0.15) is 0 Å². The number of nitrogens with one attached hydrogen (secondary N) is 1. The Labute approximate surface area is 266 Å². The minimum atomic E-state index is -0.250. The molecule has 2 radical (unpaired) electrons. The first-order valence-corrected chi connectivity index (χ1v) is 14.2. The highest BCUT2D eigenvalue weighted by Crippen LogP contribution is 2.32. The fourth-order valence-electron chi connectivity index (χ4n) is 4.66. The van der Waals surface area contributed by atoms with Crippen LogP contribution < -0.4 is 32.4 Å². The van der Waals surface area contributed by atoms with Crippen molar-refractivity contribution in [2.24, 2.45) is 11.5 Å². The summed E-state index contributed by atoms with van der Waals surface area (Å²) >= 11 is 0. The van der Waals surface area contributed by atoms with Crippen LogP contribution in [0.5, 0.6) is 5.75 Å². The maximum absolute atomic E-state index is 12.6. The van der Waals surface area contributed by atoms with Crippen molar-refractivity contribution in [1.29, 1.82) is 0 Å². The monoisotopic (exact) mass is 617 g/mol. The maximum atomic E-state index is 12.6. The fraction of sp³-hybridized carbons (Fsp3) is 0.312. The zero-order valence-corrected chi connectivity index (χ0v) is 26.1. The van der Waals surface area contributed by atoms with Crippen molar-refractivity contribution in [2.75, 3.05) is 14.2 Å². The molecule has 2 heterocycles. The van der Waals surface area contributed by atoms with Gasteiger partial charge >= 0.3 is 15.0 Å². The Morgan fingerprint density at radius 1 is 1.00 bits per heavy atom. The van der Waals surface area contributed by atoms with Gasteiger partial charge in [-0.25, -0.2) is 0 Å². The van der Waals surface area contributed by atoms with E-state index in [0.29, 0.717) is 30.3 Å². The molecule has 0 saturated heterocycles. The SMILES string of the molecule is CCC(CC(C)NC(=O)c1ccc2c(c1)[B]OC2)c1ccccc1OC.CN.NC=O.O=CO.O=Cc1ccc2c(c1)[B]OC2. The van der Waals surface area contributed by atoms with Crippen molar-refractivity contribution in [3.8, 4) is 5.75 Å². The fourth-order valence-corrected chi connectivity index (χ4v) is 4.66. The second-order valence-electron chi connectivity index (χ2n) is 9.55. The van der Waals surface area contributed by atoms with Crippen molar-refractivity contribution >= 4 is 51.0 Å². The second-order valence-corrected chi connectivity index (χ2v) is 9.55. The molecule has 0 spiro atoms. The van der Waals surface area contributed by atoms with Crippen LogP contribution in [0.15, 0.2) is 60.7 Å². The Morgan fingerprint density at radius 2 is 1.56 bits per heavy atom. The van der Waals surface area contributed by atoms with Gasteiger partial charge in [0.1, 0.15) is 12.0 Å². The number of carboxylic acid groups (broad SMARTS) is 1. The predicted molar refractivity (Wildman–Crippen MR) is 175 cm³/mol. The number of methoxy groups -OCH3 is 1. The summed E-state index contributed by atoms with van der Waals surface area (Å²) in [5, 5.41) is 10.0. The summed E-state index contributed by atoms with van der Waals surface area (Å²) in [6.07, 6.45) is 2.95. The van der Waals surface area contributed by atoms with Crippen LogP contribution >= 0.6 is 0 Å². The molecule has 0 saturated carbocycles. The first-order valence-electron chi connectivity index (χ1n) is 14.2. The van der Waals surface area contributed by atoms with E-state index in [1.807, 2.05) is 48.5 Å². The molecule has 2 aliphatic rings. The molecule has 2 atom stereocenters. The number of hydrogen-bond donors (Lipinski definition) is 4. The normalized spacial score (nSPS) is 12.6. The minimum absolute atomic E-state index is 0.0459. The number of ether oxygens (including phenoxy) is 1. The zero-order chi connectivity index (χ0) is 33.6. The predicted octanol–water partition coefficient (Wildman–Crippen LogP) is 1.82. The molecule has 2 unspecified atom stereocenters. The number of primary amides is 1. The van der Waals surface area contributed by atoms with E-state index in [4.69, 9.17) is 28.7 Å². The van der Waals surface area contributed by atoms with E-state index in [1.54, 1.807) is 28.1 Å². The molecule has 2 amide bonds. The number of para-hydroxylation sites is 1. The van der Waals surface area contributed by atoms with Crippen LogP contribution in [0, 0.1) is 0 Å². The number of rotatable bonds is 8.